The fraction of sp³-hybridized carbons (Fsp3) is 0.143. The lowest BCUT2D eigenvalue weighted by atomic mass is 10.2. The fourth-order valence-corrected chi connectivity index (χ4v) is 2.80. The predicted molar refractivity (Wildman–Crippen MR) is 78.0 cm³/mol. The quantitative estimate of drug-likeness (QED) is 0.932. The molecule has 2 rings (SSSR count). The zero-order valence-corrected chi connectivity index (χ0v) is 12.3. The van der Waals surface area contributed by atoms with Crippen molar-refractivity contribution in [3.8, 4) is 0 Å². The smallest absolute Gasteiger partial charge is 0.337 e. The molecule has 0 unspecified atom stereocenters. The van der Waals surface area contributed by atoms with Crippen LogP contribution >= 0.6 is 0 Å². The second kappa shape index (κ2) is 5.53. The minimum absolute atomic E-state index is 0.0630. The number of anilines is 1. The largest absolute Gasteiger partial charge is 0.478 e. The molecule has 1 heterocycles. The van der Waals surface area contributed by atoms with Crippen molar-refractivity contribution < 1.29 is 18.3 Å². The van der Waals surface area contributed by atoms with Crippen LogP contribution in [0, 0.1) is 6.92 Å². The van der Waals surface area contributed by atoms with Gasteiger partial charge in [0.1, 0.15) is 0 Å². The Hall–Kier alpha value is -2.41. The van der Waals surface area contributed by atoms with E-state index in [1.165, 1.54) is 19.2 Å². The molecule has 2 aromatic rings. The first-order valence-electron chi connectivity index (χ1n) is 6.07. The number of carboxylic acid groups (broad SMARTS) is 1. The molecule has 0 radical (unpaired) electrons. The predicted octanol–water partition coefficient (Wildman–Crippen LogP) is 1.91. The third-order valence-corrected chi connectivity index (χ3v) is 4.71. The van der Waals surface area contributed by atoms with E-state index in [1.54, 1.807) is 12.1 Å². The van der Waals surface area contributed by atoms with Crippen LogP contribution in [0.2, 0.25) is 0 Å². The Morgan fingerprint density at radius 3 is 2.24 bits per heavy atom. The minimum Gasteiger partial charge on any atom is -0.478 e. The van der Waals surface area contributed by atoms with E-state index in [9.17, 15) is 13.2 Å². The summed E-state index contributed by atoms with van der Waals surface area (Å²) < 4.78 is 25.9. The van der Waals surface area contributed by atoms with Crippen molar-refractivity contribution in [2.24, 2.45) is 0 Å². The van der Waals surface area contributed by atoms with E-state index in [2.05, 4.69) is 4.98 Å². The third kappa shape index (κ3) is 3.03. The molecule has 1 N–H and O–H groups in total. The van der Waals surface area contributed by atoms with E-state index in [0.717, 1.165) is 16.1 Å². The number of carboxylic acids is 1. The maximum atomic E-state index is 12.4. The first kappa shape index (κ1) is 15.0. The highest BCUT2D eigenvalue weighted by atomic mass is 32.2. The van der Waals surface area contributed by atoms with Crippen LogP contribution in [0.3, 0.4) is 0 Å². The van der Waals surface area contributed by atoms with E-state index in [1.807, 2.05) is 19.1 Å². The maximum absolute atomic E-state index is 12.4. The number of sulfonamides is 1. The number of aryl methyl sites for hydroxylation is 1. The Morgan fingerprint density at radius 1 is 1.14 bits per heavy atom. The van der Waals surface area contributed by atoms with Gasteiger partial charge in [-0.25, -0.2) is 9.78 Å². The van der Waals surface area contributed by atoms with Crippen molar-refractivity contribution in [2.75, 3.05) is 11.4 Å². The van der Waals surface area contributed by atoms with Gasteiger partial charge in [-0.15, -0.1) is 0 Å². The van der Waals surface area contributed by atoms with Gasteiger partial charge in [-0.05, 0) is 31.2 Å². The van der Waals surface area contributed by atoms with Crippen LogP contribution in [0.25, 0.3) is 0 Å². The van der Waals surface area contributed by atoms with Crippen LogP contribution in [0.5, 0.6) is 0 Å². The summed E-state index contributed by atoms with van der Waals surface area (Å²) in [5.41, 5.74) is 1.46. The van der Waals surface area contributed by atoms with Gasteiger partial charge in [-0.2, -0.15) is 8.42 Å². The van der Waals surface area contributed by atoms with Gasteiger partial charge in [0.05, 0.1) is 11.3 Å². The second-order valence-electron chi connectivity index (χ2n) is 4.50. The van der Waals surface area contributed by atoms with Crippen LogP contribution in [0.1, 0.15) is 15.9 Å². The van der Waals surface area contributed by atoms with Crippen molar-refractivity contribution in [3.05, 3.63) is 53.7 Å². The van der Waals surface area contributed by atoms with E-state index >= 15 is 0 Å². The highest BCUT2D eigenvalue weighted by molar-refractivity contribution is 7.92. The number of carbonyl (C=O) groups is 1. The number of aromatic nitrogens is 1. The number of nitrogens with zero attached hydrogens (tertiary/aromatic N) is 2. The highest BCUT2D eigenvalue weighted by Crippen LogP contribution is 2.21. The summed E-state index contributed by atoms with van der Waals surface area (Å²) in [7, 11) is -2.39. The minimum atomic E-state index is -3.82. The summed E-state index contributed by atoms with van der Waals surface area (Å²) in [6.07, 6.45) is 1.03. The Bertz CT molecular complexity index is 753. The average molecular weight is 306 g/mol. The lowest BCUT2D eigenvalue weighted by Crippen LogP contribution is -2.27. The van der Waals surface area contributed by atoms with Crippen LogP contribution in [-0.2, 0) is 10.0 Å². The molecule has 1 aromatic carbocycles. The van der Waals surface area contributed by atoms with Gasteiger partial charge >= 0.3 is 5.97 Å². The van der Waals surface area contributed by atoms with E-state index in [0.29, 0.717) is 5.69 Å². The standard InChI is InChI=1S/C14H14N2O4S/c1-10-3-6-12(7-4-10)16(2)21(19,20)13-8-5-11(9-15-13)14(17)18/h3-9H,1-2H3,(H,17,18). The van der Waals surface area contributed by atoms with Gasteiger partial charge in [-0.1, -0.05) is 17.7 Å². The second-order valence-corrected chi connectivity index (χ2v) is 6.41. The van der Waals surface area contributed by atoms with Crippen molar-refractivity contribution in [3.63, 3.8) is 0 Å². The molecule has 7 heteroatoms. The number of benzene rings is 1. The number of rotatable bonds is 4. The van der Waals surface area contributed by atoms with Crippen LogP contribution in [0.15, 0.2) is 47.6 Å². The molecule has 110 valence electrons. The van der Waals surface area contributed by atoms with Gasteiger partial charge in [0.2, 0.25) is 0 Å². The molecule has 0 aliphatic rings. The van der Waals surface area contributed by atoms with Gasteiger partial charge in [-0.3, -0.25) is 4.31 Å². The topological polar surface area (TPSA) is 87.6 Å². The molecule has 0 atom stereocenters. The zero-order chi connectivity index (χ0) is 15.6. The van der Waals surface area contributed by atoms with E-state index in [-0.39, 0.29) is 10.6 Å². The Balaban J connectivity index is 2.36. The summed E-state index contributed by atoms with van der Waals surface area (Å²) in [6, 6.07) is 9.40. The monoisotopic (exact) mass is 306 g/mol. The lowest BCUT2D eigenvalue weighted by Gasteiger charge is -2.19. The van der Waals surface area contributed by atoms with Gasteiger partial charge in [0.15, 0.2) is 5.03 Å². The van der Waals surface area contributed by atoms with Gasteiger partial charge < -0.3 is 5.11 Å². The molecule has 0 bridgehead atoms. The first-order valence-corrected chi connectivity index (χ1v) is 7.51. The summed E-state index contributed by atoms with van der Waals surface area (Å²) in [4.78, 5) is 14.5. The molecule has 0 aliphatic carbocycles. The van der Waals surface area contributed by atoms with Crippen molar-refractivity contribution >= 4 is 21.7 Å². The van der Waals surface area contributed by atoms with Crippen molar-refractivity contribution in [2.45, 2.75) is 11.9 Å². The molecule has 0 spiro atoms. The molecule has 1 aromatic heterocycles. The van der Waals surface area contributed by atoms with Crippen molar-refractivity contribution in [1.82, 2.24) is 4.98 Å². The van der Waals surface area contributed by atoms with Crippen LogP contribution in [-0.4, -0.2) is 31.5 Å². The van der Waals surface area contributed by atoms with E-state index in [4.69, 9.17) is 5.11 Å². The first-order chi connectivity index (χ1) is 9.82. The van der Waals surface area contributed by atoms with Crippen LogP contribution < -0.4 is 4.31 Å². The fourth-order valence-electron chi connectivity index (χ4n) is 1.69. The summed E-state index contributed by atoms with van der Waals surface area (Å²) in [5.74, 6) is -1.15. The number of aromatic carboxylic acids is 1. The lowest BCUT2D eigenvalue weighted by molar-refractivity contribution is 0.0696. The number of pyridine rings is 1. The molecule has 21 heavy (non-hydrogen) atoms. The summed E-state index contributed by atoms with van der Waals surface area (Å²) in [6.45, 7) is 1.91. The van der Waals surface area contributed by atoms with Gasteiger partial charge in [0, 0.05) is 13.2 Å². The Morgan fingerprint density at radius 2 is 1.76 bits per heavy atom. The highest BCUT2D eigenvalue weighted by Gasteiger charge is 2.23. The molecule has 0 fully saturated rings. The molecule has 0 amide bonds. The molecule has 0 aliphatic heterocycles. The third-order valence-electron chi connectivity index (χ3n) is 3.01. The summed E-state index contributed by atoms with van der Waals surface area (Å²) in [5, 5.41) is 8.59. The molecule has 6 nitrogen and oxygen atoms in total. The van der Waals surface area contributed by atoms with Crippen molar-refractivity contribution in [1.29, 1.82) is 0 Å². The zero-order valence-electron chi connectivity index (χ0n) is 11.5. The van der Waals surface area contributed by atoms with Crippen LogP contribution in [0.4, 0.5) is 5.69 Å². The van der Waals surface area contributed by atoms with Gasteiger partial charge in [0.25, 0.3) is 10.0 Å². The Labute approximate surface area is 122 Å². The number of hydrogen-bond acceptors (Lipinski definition) is 4. The molecule has 0 saturated carbocycles. The average Bonchev–Trinajstić information content (AvgIpc) is 2.47. The SMILES string of the molecule is Cc1ccc(N(C)S(=O)(=O)c2ccc(C(=O)O)cn2)cc1. The normalized spacial score (nSPS) is 11.1. The Kier molecular flexibility index (Phi) is 3.95. The van der Waals surface area contributed by atoms with E-state index < -0.39 is 16.0 Å². The number of hydrogen-bond donors (Lipinski definition) is 1. The molecular formula is C14H14N2O4S. The molecular weight excluding hydrogens is 292 g/mol. The maximum Gasteiger partial charge on any atom is 0.337 e. The summed E-state index contributed by atoms with van der Waals surface area (Å²) >= 11 is 0. The molecule has 0 saturated heterocycles.